The van der Waals surface area contributed by atoms with E-state index in [0.717, 1.165) is 30.2 Å². The second-order valence-corrected chi connectivity index (χ2v) is 4.61. The third-order valence-electron chi connectivity index (χ3n) is 2.85. The molecule has 0 saturated heterocycles. The quantitative estimate of drug-likeness (QED) is 0.878. The fourth-order valence-corrected chi connectivity index (χ4v) is 1.80. The van der Waals surface area contributed by atoms with Gasteiger partial charge in [0.2, 0.25) is 0 Å². The van der Waals surface area contributed by atoms with Crippen LogP contribution in [0, 0.1) is 0 Å². The van der Waals surface area contributed by atoms with Crippen molar-refractivity contribution in [2.75, 3.05) is 6.54 Å². The maximum Gasteiger partial charge on any atom is 0.157 e. The zero-order valence-electron chi connectivity index (χ0n) is 11.2. The molecule has 0 amide bonds. The number of nitrogens with zero attached hydrogens (tertiary/aromatic N) is 3. The van der Waals surface area contributed by atoms with E-state index in [-0.39, 0.29) is 0 Å². The molecule has 2 aromatic heterocycles. The van der Waals surface area contributed by atoms with Crippen LogP contribution in [0.4, 0.5) is 0 Å². The molecule has 0 fully saturated rings. The lowest BCUT2D eigenvalue weighted by Crippen LogP contribution is -2.15. The second-order valence-electron chi connectivity index (χ2n) is 4.61. The van der Waals surface area contributed by atoms with Gasteiger partial charge in [-0.25, -0.2) is 9.67 Å². The molecule has 0 saturated carbocycles. The Morgan fingerprint density at radius 2 is 2.17 bits per heavy atom. The summed E-state index contributed by atoms with van der Waals surface area (Å²) in [7, 11) is 0. The van der Waals surface area contributed by atoms with E-state index in [4.69, 9.17) is 0 Å². The van der Waals surface area contributed by atoms with Crippen LogP contribution in [0.1, 0.15) is 37.9 Å². The minimum absolute atomic E-state index is 0.437. The average molecular weight is 244 g/mol. The summed E-state index contributed by atoms with van der Waals surface area (Å²) in [6.07, 6.45) is 3.79. The summed E-state index contributed by atoms with van der Waals surface area (Å²) < 4.78 is 1.86. The smallest absolute Gasteiger partial charge is 0.157 e. The molecule has 4 nitrogen and oxygen atoms in total. The molecule has 2 heterocycles. The van der Waals surface area contributed by atoms with E-state index < -0.39 is 0 Å². The summed E-state index contributed by atoms with van der Waals surface area (Å²) in [6, 6.07) is 6.10. The van der Waals surface area contributed by atoms with Gasteiger partial charge in [0.25, 0.3) is 0 Å². The van der Waals surface area contributed by atoms with E-state index in [1.807, 2.05) is 23.1 Å². The molecule has 2 rings (SSSR count). The average Bonchev–Trinajstić information content (AvgIpc) is 2.86. The predicted molar refractivity (Wildman–Crippen MR) is 72.8 cm³/mol. The molecule has 0 aliphatic heterocycles. The van der Waals surface area contributed by atoms with E-state index in [1.54, 1.807) is 0 Å². The van der Waals surface area contributed by atoms with Crippen LogP contribution in [-0.2, 0) is 6.54 Å². The van der Waals surface area contributed by atoms with E-state index in [9.17, 15) is 0 Å². The van der Waals surface area contributed by atoms with Gasteiger partial charge in [0.15, 0.2) is 5.82 Å². The molecule has 2 aromatic rings. The van der Waals surface area contributed by atoms with Gasteiger partial charge in [0, 0.05) is 24.5 Å². The third-order valence-corrected chi connectivity index (χ3v) is 2.85. The Hall–Kier alpha value is -1.68. The summed E-state index contributed by atoms with van der Waals surface area (Å²) in [5.41, 5.74) is 2.26. The van der Waals surface area contributed by atoms with E-state index in [2.05, 4.69) is 48.3 Å². The summed E-state index contributed by atoms with van der Waals surface area (Å²) in [5.74, 6) is 1.34. The standard InChI is InChI=1S/C14H20N4/c1-4-15-10-12-6-5-8-16-14(12)18-9-7-13(17-18)11(2)3/h5-9,11,15H,4,10H2,1-3H3. The number of aromatic nitrogens is 3. The molecule has 0 atom stereocenters. The van der Waals surface area contributed by atoms with Crippen LogP contribution in [0.5, 0.6) is 0 Å². The molecule has 0 aliphatic rings. The van der Waals surface area contributed by atoms with Gasteiger partial charge in [-0.1, -0.05) is 26.8 Å². The van der Waals surface area contributed by atoms with Gasteiger partial charge in [-0.05, 0) is 24.6 Å². The van der Waals surface area contributed by atoms with E-state index in [0.29, 0.717) is 5.92 Å². The Balaban J connectivity index is 2.30. The maximum absolute atomic E-state index is 4.58. The van der Waals surface area contributed by atoms with Crippen molar-refractivity contribution in [1.29, 1.82) is 0 Å². The van der Waals surface area contributed by atoms with Gasteiger partial charge < -0.3 is 5.32 Å². The fraction of sp³-hybridized carbons (Fsp3) is 0.429. The Morgan fingerprint density at radius 1 is 1.33 bits per heavy atom. The molecule has 1 N–H and O–H groups in total. The SMILES string of the molecule is CCNCc1cccnc1-n1ccc(C(C)C)n1. The largest absolute Gasteiger partial charge is 0.313 e. The Bertz CT molecular complexity index is 502. The fourth-order valence-electron chi connectivity index (χ4n) is 1.80. The van der Waals surface area contributed by atoms with Crippen LogP contribution in [0.25, 0.3) is 5.82 Å². The number of hydrogen-bond donors (Lipinski definition) is 1. The lowest BCUT2D eigenvalue weighted by atomic mass is 10.1. The van der Waals surface area contributed by atoms with Crippen LogP contribution >= 0.6 is 0 Å². The number of nitrogens with one attached hydrogen (secondary N) is 1. The first-order chi connectivity index (χ1) is 8.72. The highest BCUT2D eigenvalue weighted by Crippen LogP contribution is 2.15. The van der Waals surface area contributed by atoms with Crippen LogP contribution in [0.3, 0.4) is 0 Å². The van der Waals surface area contributed by atoms with Crippen molar-refractivity contribution in [2.24, 2.45) is 0 Å². The second kappa shape index (κ2) is 5.78. The molecule has 0 aromatic carbocycles. The minimum Gasteiger partial charge on any atom is -0.313 e. The van der Waals surface area contributed by atoms with Crippen molar-refractivity contribution < 1.29 is 0 Å². The molecule has 0 unspecified atom stereocenters. The summed E-state index contributed by atoms with van der Waals surface area (Å²) in [5, 5.41) is 7.90. The first-order valence-corrected chi connectivity index (χ1v) is 6.43. The van der Waals surface area contributed by atoms with Crippen molar-refractivity contribution in [2.45, 2.75) is 33.2 Å². The molecule has 0 aliphatic carbocycles. The lowest BCUT2D eigenvalue weighted by molar-refractivity contribution is 0.702. The monoisotopic (exact) mass is 244 g/mol. The first-order valence-electron chi connectivity index (χ1n) is 6.43. The zero-order chi connectivity index (χ0) is 13.0. The highest BCUT2D eigenvalue weighted by Gasteiger charge is 2.08. The van der Waals surface area contributed by atoms with Gasteiger partial charge in [-0.15, -0.1) is 0 Å². The van der Waals surface area contributed by atoms with Crippen LogP contribution < -0.4 is 5.32 Å². The van der Waals surface area contributed by atoms with Crippen molar-refractivity contribution in [3.8, 4) is 5.82 Å². The van der Waals surface area contributed by atoms with Crippen molar-refractivity contribution in [3.05, 3.63) is 41.9 Å². The van der Waals surface area contributed by atoms with Gasteiger partial charge in [0.05, 0.1) is 5.69 Å². The lowest BCUT2D eigenvalue weighted by Gasteiger charge is -2.08. The van der Waals surface area contributed by atoms with Crippen LogP contribution in [0.15, 0.2) is 30.6 Å². The van der Waals surface area contributed by atoms with Gasteiger partial charge in [0.1, 0.15) is 0 Å². The topological polar surface area (TPSA) is 42.7 Å². The molecular formula is C14H20N4. The number of hydrogen-bond acceptors (Lipinski definition) is 3. The Morgan fingerprint density at radius 3 is 2.83 bits per heavy atom. The molecule has 0 spiro atoms. The highest BCUT2D eigenvalue weighted by molar-refractivity contribution is 5.33. The van der Waals surface area contributed by atoms with E-state index in [1.165, 1.54) is 0 Å². The van der Waals surface area contributed by atoms with Crippen molar-refractivity contribution in [3.63, 3.8) is 0 Å². The van der Waals surface area contributed by atoms with Crippen molar-refractivity contribution >= 4 is 0 Å². The van der Waals surface area contributed by atoms with Crippen LogP contribution in [-0.4, -0.2) is 21.3 Å². The molecular weight excluding hydrogens is 224 g/mol. The molecule has 96 valence electrons. The molecule has 4 heteroatoms. The summed E-state index contributed by atoms with van der Waals surface area (Å²) in [4.78, 5) is 4.43. The van der Waals surface area contributed by atoms with Gasteiger partial charge in [-0.3, -0.25) is 0 Å². The van der Waals surface area contributed by atoms with Gasteiger partial charge >= 0.3 is 0 Å². The first kappa shape index (κ1) is 12.8. The van der Waals surface area contributed by atoms with Crippen LogP contribution in [0.2, 0.25) is 0 Å². The Kier molecular flexibility index (Phi) is 4.10. The molecule has 18 heavy (non-hydrogen) atoms. The minimum atomic E-state index is 0.437. The van der Waals surface area contributed by atoms with E-state index >= 15 is 0 Å². The third kappa shape index (κ3) is 2.76. The van der Waals surface area contributed by atoms with Gasteiger partial charge in [-0.2, -0.15) is 5.10 Å². The Labute approximate surface area is 108 Å². The normalized spacial score (nSPS) is 11.1. The highest BCUT2D eigenvalue weighted by atomic mass is 15.3. The number of pyridine rings is 1. The molecule has 0 bridgehead atoms. The summed E-state index contributed by atoms with van der Waals surface area (Å²) >= 11 is 0. The van der Waals surface area contributed by atoms with Crippen molar-refractivity contribution in [1.82, 2.24) is 20.1 Å². The maximum atomic E-state index is 4.58. The number of rotatable bonds is 5. The zero-order valence-corrected chi connectivity index (χ0v) is 11.2. The summed E-state index contributed by atoms with van der Waals surface area (Å²) in [6.45, 7) is 8.15. The predicted octanol–water partition coefficient (Wildman–Crippen LogP) is 2.50. The molecule has 0 radical (unpaired) electrons.